The van der Waals surface area contributed by atoms with E-state index in [0.29, 0.717) is 13.0 Å². The molecule has 2 aliphatic heterocycles. The quantitative estimate of drug-likeness (QED) is 0.564. The third-order valence-corrected chi connectivity index (χ3v) is 6.20. The molecule has 4 rings (SSSR count). The maximum atomic E-state index is 12.6. The molecule has 0 bridgehead atoms. The van der Waals surface area contributed by atoms with E-state index in [9.17, 15) is 4.79 Å². The standard InChI is InChI=1S/C24H32N4O3/c1-30-19-8-9-20(23(14-19)31-2)21-15-22(27-26-21)24(29)25-11-5-12-28-13-10-17-6-3-4-7-18(17)16-28/h3-4,6-9,14,21-22,26-27H,5,10-13,15-16H2,1-2H3,(H,25,29). The summed E-state index contributed by atoms with van der Waals surface area (Å²) in [5.74, 6) is 1.53. The fraction of sp³-hybridized carbons (Fsp3) is 0.458. The molecule has 1 saturated heterocycles. The Hall–Kier alpha value is -2.61. The Morgan fingerprint density at radius 3 is 2.77 bits per heavy atom. The number of ether oxygens (including phenoxy) is 2. The third kappa shape index (κ3) is 5.18. The van der Waals surface area contributed by atoms with Crippen molar-refractivity contribution in [2.75, 3.05) is 33.9 Å². The van der Waals surface area contributed by atoms with Crippen molar-refractivity contribution in [3.8, 4) is 11.5 Å². The highest BCUT2D eigenvalue weighted by atomic mass is 16.5. The van der Waals surface area contributed by atoms with Crippen LogP contribution in [-0.4, -0.2) is 50.7 Å². The predicted molar refractivity (Wildman–Crippen MR) is 120 cm³/mol. The number of nitrogens with zero attached hydrogens (tertiary/aromatic N) is 1. The van der Waals surface area contributed by atoms with Gasteiger partial charge in [0.15, 0.2) is 0 Å². The Labute approximate surface area is 184 Å². The van der Waals surface area contributed by atoms with Crippen LogP contribution in [-0.2, 0) is 17.8 Å². The van der Waals surface area contributed by atoms with Crippen LogP contribution in [0.2, 0.25) is 0 Å². The molecular formula is C24H32N4O3. The molecule has 7 heteroatoms. The maximum Gasteiger partial charge on any atom is 0.238 e. The number of rotatable bonds is 8. The first kappa shape index (κ1) is 21.6. The average Bonchev–Trinajstić information content (AvgIpc) is 3.31. The molecule has 7 nitrogen and oxygen atoms in total. The van der Waals surface area contributed by atoms with Gasteiger partial charge in [-0.3, -0.25) is 9.69 Å². The van der Waals surface area contributed by atoms with Gasteiger partial charge in [0.1, 0.15) is 17.5 Å². The second-order valence-corrected chi connectivity index (χ2v) is 8.18. The zero-order chi connectivity index (χ0) is 21.6. The van der Waals surface area contributed by atoms with E-state index in [0.717, 1.165) is 49.5 Å². The highest BCUT2D eigenvalue weighted by Crippen LogP contribution is 2.33. The summed E-state index contributed by atoms with van der Waals surface area (Å²) in [6.07, 6.45) is 2.72. The Morgan fingerprint density at radius 1 is 1.13 bits per heavy atom. The van der Waals surface area contributed by atoms with Crippen molar-refractivity contribution in [2.24, 2.45) is 0 Å². The summed E-state index contributed by atoms with van der Waals surface area (Å²) in [6, 6.07) is 14.2. The Bertz CT molecular complexity index is 904. The number of fused-ring (bicyclic) bond motifs is 1. The minimum atomic E-state index is -0.265. The second kappa shape index (κ2) is 10.1. The number of carbonyl (C=O) groups excluding carboxylic acids is 1. The highest BCUT2D eigenvalue weighted by Gasteiger charge is 2.31. The van der Waals surface area contributed by atoms with Crippen LogP contribution in [0.3, 0.4) is 0 Å². The number of hydrazine groups is 1. The molecule has 3 N–H and O–H groups in total. The number of benzene rings is 2. The molecule has 2 aromatic rings. The fourth-order valence-electron chi connectivity index (χ4n) is 4.42. The third-order valence-electron chi connectivity index (χ3n) is 6.20. The van der Waals surface area contributed by atoms with Crippen molar-refractivity contribution in [1.82, 2.24) is 21.1 Å². The predicted octanol–water partition coefficient (Wildman–Crippen LogP) is 2.18. The number of amides is 1. The summed E-state index contributed by atoms with van der Waals surface area (Å²) in [5, 5.41) is 3.08. The molecule has 0 saturated carbocycles. The van der Waals surface area contributed by atoms with Crippen molar-refractivity contribution in [3.05, 3.63) is 59.2 Å². The van der Waals surface area contributed by atoms with Gasteiger partial charge in [0.05, 0.1) is 20.3 Å². The fourth-order valence-corrected chi connectivity index (χ4v) is 4.42. The molecule has 166 valence electrons. The molecule has 2 heterocycles. The molecule has 1 fully saturated rings. The van der Waals surface area contributed by atoms with E-state index in [-0.39, 0.29) is 18.0 Å². The van der Waals surface area contributed by atoms with E-state index >= 15 is 0 Å². The summed E-state index contributed by atoms with van der Waals surface area (Å²) in [4.78, 5) is 15.1. The lowest BCUT2D eigenvalue weighted by Crippen LogP contribution is -2.44. The summed E-state index contributed by atoms with van der Waals surface area (Å²) >= 11 is 0. The summed E-state index contributed by atoms with van der Waals surface area (Å²) in [5.41, 5.74) is 10.3. The Balaban J connectivity index is 1.21. The molecule has 31 heavy (non-hydrogen) atoms. The number of carbonyl (C=O) groups is 1. The Morgan fingerprint density at radius 2 is 1.97 bits per heavy atom. The van der Waals surface area contributed by atoms with E-state index in [4.69, 9.17) is 9.47 Å². The molecule has 0 radical (unpaired) electrons. The topological polar surface area (TPSA) is 74.9 Å². The van der Waals surface area contributed by atoms with Crippen LogP contribution in [0.15, 0.2) is 42.5 Å². The minimum absolute atomic E-state index is 0.00465. The van der Waals surface area contributed by atoms with Crippen LogP contribution >= 0.6 is 0 Å². The van der Waals surface area contributed by atoms with Gasteiger partial charge in [0, 0.05) is 37.8 Å². The van der Waals surface area contributed by atoms with E-state index in [1.807, 2.05) is 18.2 Å². The summed E-state index contributed by atoms with van der Waals surface area (Å²) in [6.45, 7) is 3.77. The van der Waals surface area contributed by atoms with Crippen molar-refractivity contribution < 1.29 is 14.3 Å². The first-order chi connectivity index (χ1) is 15.2. The number of methoxy groups -OCH3 is 2. The normalized spacial score (nSPS) is 20.8. The van der Waals surface area contributed by atoms with E-state index < -0.39 is 0 Å². The molecule has 0 spiro atoms. The van der Waals surface area contributed by atoms with E-state index in [1.54, 1.807) is 14.2 Å². The largest absolute Gasteiger partial charge is 0.497 e. The van der Waals surface area contributed by atoms with Crippen molar-refractivity contribution in [2.45, 2.75) is 37.9 Å². The van der Waals surface area contributed by atoms with Gasteiger partial charge in [-0.2, -0.15) is 0 Å². The van der Waals surface area contributed by atoms with Crippen LogP contribution in [0.1, 0.15) is 35.6 Å². The van der Waals surface area contributed by atoms with Crippen molar-refractivity contribution in [3.63, 3.8) is 0 Å². The van der Waals surface area contributed by atoms with Gasteiger partial charge >= 0.3 is 0 Å². The van der Waals surface area contributed by atoms with Gasteiger partial charge in [-0.25, -0.2) is 10.9 Å². The van der Waals surface area contributed by atoms with Gasteiger partial charge in [0.2, 0.25) is 5.91 Å². The number of hydrogen-bond acceptors (Lipinski definition) is 6. The van der Waals surface area contributed by atoms with Crippen LogP contribution in [0.5, 0.6) is 11.5 Å². The van der Waals surface area contributed by atoms with E-state index in [1.165, 1.54) is 11.1 Å². The molecule has 2 atom stereocenters. The van der Waals surface area contributed by atoms with Crippen LogP contribution in [0, 0.1) is 0 Å². The van der Waals surface area contributed by atoms with Gasteiger partial charge in [-0.1, -0.05) is 30.3 Å². The van der Waals surface area contributed by atoms with E-state index in [2.05, 4.69) is 45.3 Å². The van der Waals surface area contributed by atoms with Crippen LogP contribution in [0.4, 0.5) is 0 Å². The molecule has 2 aliphatic rings. The lowest BCUT2D eigenvalue weighted by Gasteiger charge is -2.28. The molecule has 0 aliphatic carbocycles. The molecular weight excluding hydrogens is 392 g/mol. The van der Waals surface area contributed by atoms with Crippen LogP contribution in [0.25, 0.3) is 0 Å². The zero-order valence-corrected chi connectivity index (χ0v) is 18.3. The summed E-state index contributed by atoms with van der Waals surface area (Å²) < 4.78 is 10.8. The number of nitrogens with one attached hydrogen (secondary N) is 3. The molecule has 2 aromatic carbocycles. The number of hydrogen-bond donors (Lipinski definition) is 3. The van der Waals surface area contributed by atoms with Crippen molar-refractivity contribution in [1.29, 1.82) is 0 Å². The Kier molecular flexibility index (Phi) is 7.06. The maximum absolute atomic E-state index is 12.6. The molecule has 0 aromatic heterocycles. The lowest BCUT2D eigenvalue weighted by molar-refractivity contribution is -0.122. The average molecular weight is 425 g/mol. The first-order valence-electron chi connectivity index (χ1n) is 11.0. The van der Waals surface area contributed by atoms with Gasteiger partial charge in [-0.15, -0.1) is 0 Å². The SMILES string of the molecule is COc1ccc(C2CC(C(=O)NCCCN3CCc4ccccc4C3)NN2)c(OC)c1. The highest BCUT2D eigenvalue weighted by molar-refractivity contribution is 5.82. The van der Waals surface area contributed by atoms with Gasteiger partial charge < -0.3 is 14.8 Å². The monoisotopic (exact) mass is 424 g/mol. The van der Waals surface area contributed by atoms with Crippen molar-refractivity contribution >= 4 is 5.91 Å². The second-order valence-electron chi connectivity index (χ2n) is 8.18. The zero-order valence-electron chi connectivity index (χ0n) is 18.3. The molecule has 1 amide bonds. The first-order valence-corrected chi connectivity index (χ1v) is 11.0. The lowest BCUT2D eigenvalue weighted by atomic mass is 10.00. The van der Waals surface area contributed by atoms with Gasteiger partial charge in [0.25, 0.3) is 0 Å². The van der Waals surface area contributed by atoms with Gasteiger partial charge in [-0.05, 0) is 36.5 Å². The smallest absolute Gasteiger partial charge is 0.238 e. The summed E-state index contributed by atoms with van der Waals surface area (Å²) in [7, 11) is 3.28. The van der Waals surface area contributed by atoms with Crippen LogP contribution < -0.4 is 25.6 Å². The molecule has 2 unspecified atom stereocenters. The minimum Gasteiger partial charge on any atom is -0.497 e.